The van der Waals surface area contributed by atoms with Crippen LogP contribution >= 0.6 is 0 Å². The van der Waals surface area contributed by atoms with Gasteiger partial charge in [-0.2, -0.15) is 0 Å². The molecule has 0 aromatic heterocycles. The van der Waals surface area contributed by atoms with Crippen LogP contribution in [0.25, 0.3) is 0 Å². The van der Waals surface area contributed by atoms with Crippen molar-refractivity contribution in [1.82, 2.24) is 0 Å². The van der Waals surface area contributed by atoms with Crippen molar-refractivity contribution in [3.8, 4) is 0 Å². The zero-order valence-corrected chi connectivity index (χ0v) is 7.59. The van der Waals surface area contributed by atoms with E-state index in [-0.39, 0.29) is 0 Å². The van der Waals surface area contributed by atoms with Crippen molar-refractivity contribution >= 4 is 5.78 Å². The zero-order chi connectivity index (χ0) is 8.81. The molecule has 0 saturated heterocycles. The molecule has 0 amide bonds. The Morgan fingerprint density at radius 3 is 2.92 bits per heavy atom. The van der Waals surface area contributed by atoms with Crippen molar-refractivity contribution in [1.29, 1.82) is 0 Å². The number of hydrogen-bond donors (Lipinski definition) is 1. The molecule has 1 atom stereocenters. The van der Waals surface area contributed by atoms with E-state index in [0.717, 1.165) is 38.5 Å². The number of hydrogen-bond acceptors (Lipinski definition) is 2. The summed E-state index contributed by atoms with van der Waals surface area (Å²) in [6.45, 7) is 0.292. The monoisotopic (exact) mass is 170 g/mol. The summed E-state index contributed by atoms with van der Waals surface area (Å²) in [5, 5.41) is 8.58. The lowest BCUT2D eigenvalue weighted by atomic mass is 9.85. The highest BCUT2D eigenvalue weighted by Gasteiger charge is 2.18. The minimum Gasteiger partial charge on any atom is -0.396 e. The predicted molar refractivity (Wildman–Crippen MR) is 47.9 cm³/mol. The highest BCUT2D eigenvalue weighted by Crippen LogP contribution is 2.25. The molecule has 0 aliphatic heterocycles. The number of carbonyl (C=O) groups excluding carboxylic acids is 1. The Hall–Kier alpha value is -0.370. The van der Waals surface area contributed by atoms with Crippen molar-refractivity contribution in [2.24, 2.45) is 5.92 Å². The summed E-state index contributed by atoms with van der Waals surface area (Å²) in [5.74, 6) is 1.06. The van der Waals surface area contributed by atoms with E-state index >= 15 is 0 Å². The van der Waals surface area contributed by atoms with Crippen LogP contribution in [0.3, 0.4) is 0 Å². The molecule has 0 heterocycles. The van der Waals surface area contributed by atoms with E-state index in [1.54, 1.807) is 0 Å². The lowest BCUT2D eigenvalue weighted by Gasteiger charge is -2.20. The summed E-state index contributed by atoms with van der Waals surface area (Å²) in [6.07, 6.45) is 7.01. The van der Waals surface area contributed by atoms with Crippen molar-refractivity contribution in [3.05, 3.63) is 0 Å². The summed E-state index contributed by atoms with van der Waals surface area (Å²) in [4.78, 5) is 11.1. The summed E-state index contributed by atoms with van der Waals surface area (Å²) in [5.41, 5.74) is 0. The minimum atomic E-state index is 0.292. The van der Waals surface area contributed by atoms with Crippen molar-refractivity contribution in [2.45, 2.75) is 44.9 Å². The van der Waals surface area contributed by atoms with Crippen LogP contribution in [-0.4, -0.2) is 17.5 Å². The lowest BCUT2D eigenvalue weighted by Crippen LogP contribution is -2.14. The smallest absolute Gasteiger partial charge is 0.133 e. The molecular weight excluding hydrogens is 152 g/mol. The third-order valence-corrected chi connectivity index (χ3v) is 2.60. The van der Waals surface area contributed by atoms with E-state index in [9.17, 15) is 4.79 Å². The molecule has 1 aliphatic rings. The molecule has 1 saturated carbocycles. The quantitative estimate of drug-likeness (QED) is 0.654. The Morgan fingerprint density at radius 2 is 2.25 bits per heavy atom. The van der Waals surface area contributed by atoms with Gasteiger partial charge < -0.3 is 5.11 Å². The fraction of sp³-hybridized carbons (Fsp3) is 0.900. The number of unbranched alkanes of at least 4 members (excludes halogenated alkanes) is 1. The second-order valence-corrected chi connectivity index (χ2v) is 3.72. The van der Waals surface area contributed by atoms with Crippen LogP contribution in [0.15, 0.2) is 0 Å². The van der Waals surface area contributed by atoms with Gasteiger partial charge in [-0.25, -0.2) is 0 Å². The van der Waals surface area contributed by atoms with Crippen LogP contribution < -0.4 is 0 Å². The number of carbonyl (C=O) groups is 1. The number of ketones is 1. The average Bonchev–Trinajstić information content (AvgIpc) is 2.05. The fourth-order valence-electron chi connectivity index (χ4n) is 1.91. The maximum Gasteiger partial charge on any atom is 0.133 e. The van der Waals surface area contributed by atoms with E-state index < -0.39 is 0 Å². The molecular formula is C10H18O2. The van der Waals surface area contributed by atoms with Gasteiger partial charge >= 0.3 is 0 Å². The summed E-state index contributed by atoms with van der Waals surface area (Å²) < 4.78 is 0. The topological polar surface area (TPSA) is 37.3 Å². The van der Waals surface area contributed by atoms with Crippen molar-refractivity contribution in [2.75, 3.05) is 6.61 Å². The Bertz CT molecular complexity index is 143. The molecule has 2 heteroatoms. The van der Waals surface area contributed by atoms with Gasteiger partial charge in [0.1, 0.15) is 5.78 Å². The molecule has 0 aromatic carbocycles. The number of aliphatic hydroxyl groups excluding tert-OH is 1. The van der Waals surface area contributed by atoms with Gasteiger partial charge in [0, 0.05) is 19.4 Å². The van der Waals surface area contributed by atoms with Gasteiger partial charge in [-0.3, -0.25) is 4.79 Å². The molecule has 0 spiro atoms. The summed E-state index contributed by atoms with van der Waals surface area (Å²) >= 11 is 0. The first-order valence-electron chi connectivity index (χ1n) is 4.95. The molecule has 1 unspecified atom stereocenters. The van der Waals surface area contributed by atoms with Crippen LogP contribution in [0, 0.1) is 5.92 Å². The predicted octanol–water partition coefficient (Wildman–Crippen LogP) is 1.91. The molecule has 1 N–H and O–H groups in total. The lowest BCUT2D eigenvalue weighted by molar-refractivity contribution is -0.121. The molecule has 0 radical (unpaired) electrons. The van der Waals surface area contributed by atoms with Crippen LogP contribution in [0.5, 0.6) is 0 Å². The van der Waals surface area contributed by atoms with Crippen LogP contribution in [-0.2, 0) is 4.79 Å². The molecule has 70 valence electrons. The SMILES string of the molecule is O=C1CCCC(CCCCO)C1. The fourth-order valence-corrected chi connectivity index (χ4v) is 1.91. The molecule has 12 heavy (non-hydrogen) atoms. The molecule has 1 fully saturated rings. The maximum absolute atomic E-state index is 11.1. The van der Waals surface area contributed by atoms with Gasteiger partial charge in [0.2, 0.25) is 0 Å². The summed E-state index contributed by atoms with van der Waals surface area (Å²) in [6, 6.07) is 0. The number of Topliss-reactive ketones (excluding diaryl/α,β-unsaturated/α-hetero) is 1. The third-order valence-electron chi connectivity index (χ3n) is 2.60. The van der Waals surface area contributed by atoms with Crippen LogP contribution in [0.1, 0.15) is 44.9 Å². The highest BCUT2D eigenvalue weighted by atomic mass is 16.2. The van der Waals surface area contributed by atoms with Crippen LogP contribution in [0.2, 0.25) is 0 Å². The highest BCUT2D eigenvalue weighted by molar-refractivity contribution is 5.79. The largest absolute Gasteiger partial charge is 0.396 e. The van der Waals surface area contributed by atoms with E-state index in [0.29, 0.717) is 18.3 Å². The summed E-state index contributed by atoms with van der Waals surface area (Å²) in [7, 11) is 0. The first-order valence-corrected chi connectivity index (χ1v) is 4.95. The third kappa shape index (κ3) is 3.35. The molecule has 0 bridgehead atoms. The zero-order valence-electron chi connectivity index (χ0n) is 7.59. The van der Waals surface area contributed by atoms with E-state index in [4.69, 9.17) is 5.11 Å². The van der Waals surface area contributed by atoms with E-state index in [1.807, 2.05) is 0 Å². The van der Waals surface area contributed by atoms with Gasteiger partial charge in [-0.05, 0) is 31.6 Å². The molecule has 1 rings (SSSR count). The second-order valence-electron chi connectivity index (χ2n) is 3.72. The van der Waals surface area contributed by atoms with E-state index in [1.165, 1.54) is 6.42 Å². The number of rotatable bonds is 4. The second kappa shape index (κ2) is 5.31. The van der Waals surface area contributed by atoms with E-state index in [2.05, 4.69) is 0 Å². The van der Waals surface area contributed by atoms with Gasteiger partial charge in [0.25, 0.3) is 0 Å². The Morgan fingerprint density at radius 1 is 1.42 bits per heavy atom. The Labute approximate surface area is 74.0 Å². The van der Waals surface area contributed by atoms with Gasteiger partial charge in [-0.15, -0.1) is 0 Å². The first kappa shape index (κ1) is 9.72. The van der Waals surface area contributed by atoms with Gasteiger partial charge in [0.05, 0.1) is 0 Å². The molecule has 2 nitrogen and oxygen atoms in total. The maximum atomic E-state index is 11.1. The van der Waals surface area contributed by atoms with Crippen molar-refractivity contribution in [3.63, 3.8) is 0 Å². The van der Waals surface area contributed by atoms with Crippen LogP contribution in [0.4, 0.5) is 0 Å². The number of aliphatic hydroxyl groups is 1. The molecule has 1 aliphatic carbocycles. The van der Waals surface area contributed by atoms with Crippen molar-refractivity contribution < 1.29 is 9.90 Å². The molecule has 0 aromatic rings. The Kier molecular flexibility index (Phi) is 4.30. The van der Waals surface area contributed by atoms with Gasteiger partial charge in [-0.1, -0.05) is 6.42 Å². The Balaban J connectivity index is 2.10. The normalized spacial score (nSPS) is 24.4. The minimum absolute atomic E-state index is 0.292. The van der Waals surface area contributed by atoms with Gasteiger partial charge in [0.15, 0.2) is 0 Å². The standard InChI is InChI=1S/C10H18O2/c11-7-2-1-4-9-5-3-6-10(12)8-9/h9,11H,1-8H2. The first-order chi connectivity index (χ1) is 5.83. The average molecular weight is 170 g/mol.